The van der Waals surface area contributed by atoms with E-state index >= 15 is 0 Å². The van der Waals surface area contributed by atoms with Crippen LogP contribution in [0.15, 0.2) is 18.2 Å². The van der Waals surface area contributed by atoms with E-state index in [0.29, 0.717) is 35.4 Å². The highest BCUT2D eigenvalue weighted by Crippen LogP contribution is 2.34. The topological polar surface area (TPSA) is 29.5 Å². The molecule has 1 atom stereocenters. The molecule has 4 heteroatoms. The molecule has 0 amide bonds. The second-order valence-corrected chi connectivity index (χ2v) is 5.68. The fourth-order valence-electron chi connectivity index (χ4n) is 2.65. The van der Waals surface area contributed by atoms with Crippen LogP contribution in [-0.4, -0.2) is 23.9 Å². The van der Waals surface area contributed by atoms with Crippen LogP contribution in [0.25, 0.3) is 0 Å². The van der Waals surface area contributed by atoms with Crippen LogP contribution in [0.3, 0.4) is 0 Å². The first-order valence-corrected chi connectivity index (χ1v) is 7.19. The molecule has 106 valence electrons. The van der Waals surface area contributed by atoms with E-state index in [1.165, 1.54) is 6.07 Å². The van der Waals surface area contributed by atoms with Gasteiger partial charge in [0, 0.05) is 18.1 Å². The Labute approximate surface area is 118 Å². The van der Waals surface area contributed by atoms with E-state index in [-0.39, 0.29) is 5.82 Å². The van der Waals surface area contributed by atoms with Crippen molar-refractivity contribution in [3.63, 3.8) is 0 Å². The SMILES string of the molecule is CCOC1CC(CC(O)Cc2ccc(Cl)cc2F)C1. The minimum atomic E-state index is -0.497. The van der Waals surface area contributed by atoms with Crippen LogP contribution < -0.4 is 0 Å². The summed E-state index contributed by atoms with van der Waals surface area (Å²) in [4.78, 5) is 0. The molecule has 1 aromatic rings. The molecule has 0 bridgehead atoms. The molecule has 1 fully saturated rings. The molecule has 19 heavy (non-hydrogen) atoms. The number of aliphatic hydroxyl groups excluding tert-OH is 1. The van der Waals surface area contributed by atoms with Gasteiger partial charge in [0.2, 0.25) is 0 Å². The van der Waals surface area contributed by atoms with Crippen LogP contribution in [0.1, 0.15) is 31.7 Å². The summed E-state index contributed by atoms with van der Waals surface area (Å²) in [5, 5.41) is 10.4. The second kappa shape index (κ2) is 6.69. The van der Waals surface area contributed by atoms with Crippen molar-refractivity contribution in [2.75, 3.05) is 6.61 Å². The van der Waals surface area contributed by atoms with Gasteiger partial charge in [0.05, 0.1) is 12.2 Å². The van der Waals surface area contributed by atoms with E-state index in [2.05, 4.69) is 0 Å². The standard InChI is InChI=1S/C15H20ClFO2/c1-2-19-14-6-10(7-14)5-13(18)8-11-3-4-12(16)9-15(11)17/h3-4,9-10,13-14,18H,2,5-8H2,1H3. The summed E-state index contributed by atoms with van der Waals surface area (Å²) in [5.74, 6) is 0.161. The predicted molar refractivity (Wildman–Crippen MR) is 73.9 cm³/mol. The molecule has 0 saturated heterocycles. The lowest BCUT2D eigenvalue weighted by molar-refractivity contribution is -0.0376. The van der Waals surface area contributed by atoms with Gasteiger partial charge >= 0.3 is 0 Å². The Hall–Kier alpha value is -0.640. The van der Waals surface area contributed by atoms with Crippen molar-refractivity contribution in [1.82, 2.24) is 0 Å². The minimum absolute atomic E-state index is 0.340. The lowest BCUT2D eigenvalue weighted by Gasteiger charge is -2.36. The van der Waals surface area contributed by atoms with E-state index < -0.39 is 6.10 Å². The van der Waals surface area contributed by atoms with Crippen LogP contribution in [0.4, 0.5) is 4.39 Å². The quantitative estimate of drug-likeness (QED) is 0.866. The molecule has 0 spiro atoms. The third kappa shape index (κ3) is 4.16. The zero-order chi connectivity index (χ0) is 13.8. The minimum Gasteiger partial charge on any atom is -0.393 e. The predicted octanol–water partition coefficient (Wildman–Crippen LogP) is 3.59. The molecule has 1 aliphatic rings. The molecule has 0 radical (unpaired) electrons. The Kier molecular flexibility index (Phi) is 5.20. The highest BCUT2D eigenvalue weighted by molar-refractivity contribution is 6.30. The van der Waals surface area contributed by atoms with Crippen molar-refractivity contribution in [2.24, 2.45) is 5.92 Å². The maximum atomic E-state index is 13.6. The zero-order valence-corrected chi connectivity index (χ0v) is 11.9. The Morgan fingerprint density at radius 1 is 1.47 bits per heavy atom. The van der Waals surface area contributed by atoms with Crippen molar-refractivity contribution in [1.29, 1.82) is 0 Å². The van der Waals surface area contributed by atoms with Crippen molar-refractivity contribution < 1.29 is 14.2 Å². The molecule has 1 saturated carbocycles. The average Bonchev–Trinajstić information content (AvgIpc) is 2.30. The molecule has 2 nitrogen and oxygen atoms in total. The smallest absolute Gasteiger partial charge is 0.127 e. The summed E-state index contributed by atoms with van der Waals surface area (Å²) in [7, 11) is 0. The average molecular weight is 287 g/mol. The molecule has 1 aromatic carbocycles. The number of benzene rings is 1. The summed E-state index contributed by atoms with van der Waals surface area (Å²) in [5.41, 5.74) is 0.526. The molecule has 1 aliphatic carbocycles. The van der Waals surface area contributed by atoms with Crippen LogP contribution >= 0.6 is 11.6 Å². The van der Waals surface area contributed by atoms with Crippen molar-refractivity contribution >= 4 is 11.6 Å². The van der Waals surface area contributed by atoms with Gasteiger partial charge in [-0.15, -0.1) is 0 Å². The van der Waals surface area contributed by atoms with E-state index in [9.17, 15) is 9.50 Å². The Morgan fingerprint density at radius 2 is 2.21 bits per heavy atom. The molecular formula is C15H20ClFO2. The highest BCUT2D eigenvalue weighted by Gasteiger charge is 2.31. The Morgan fingerprint density at radius 3 is 2.84 bits per heavy atom. The summed E-state index contributed by atoms with van der Waals surface area (Å²) in [6, 6.07) is 4.59. The normalized spacial score (nSPS) is 24.0. The van der Waals surface area contributed by atoms with Gasteiger partial charge in [-0.2, -0.15) is 0 Å². The van der Waals surface area contributed by atoms with Gasteiger partial charge in [-0.25, -0.2) is 4.39 Å². The fourth-order valence-corrected chi connectivity index (χ4v) is 2.81. The molecule has 1 unspecified atom stereocenters. The summed E-state index contributed by atoms with van der Waals surface area (Å²) < 4.78 is 19.1. The van der Waals surface area contributed by atoms with Crippen LogP contribution in [-0.2, 0) is 11.2 Å². The molecule has 2 rings (SSSR count). The lowest BCUT2D eigenvalue weighted by Crippen LogP contribution is -2.34. The third-order valence-electron chi connectivity index (χ3n) is 3.67. The Balaban J connectivity index is 1.77. The second-order valence-electron chi connectivity index (χ2n) is 5.24. The van der Waals surface area contributed by atoms with Crippen molar-refractivity contribution in [2.45, 2.75) is 44.8 Å². The Bertz CT molecular complexity index is 419. The fraction of sp³-hybridized carbons (Fsp3) is 0.600. The van der Waals surface area contributed by atoms with Crippen LogP contribution in [0, 0.1) is 11.7 Å². The zero-order valence-electron chi connectivity index (χ0n) is 11.1. The lowest BCUT2D eigenvalue weighted by atomic mass is 9.78. The van der Waals surface area contributed by atoms with E-state index in [4.69, 9.17) is 16.3 Å². The number of hydrogen-bond donors (Lipinski definition) is 1. The number of halogens is 2. The summed E-state index contributed by atoms with van der Waals surface area (Å²) in [6.07, 6.45) is 2.93. The van der Waals surface area contributed by atoms with Gasteiger partial charge in [0.15, 0.2) is 0 Å². The first kappa shape index (κ1) is 14.8. The van der Waals surface area contributed by atoms with Gasteiger partial charge in [-0.05, 0) is 49.8 Å². The van der Waals surface area contributed by atoms with Gasteiger partial charge in [0.1, 0.15) is 5.82 Å². The summed E-state index contributed by atoms with van der Waals surface area (Å²) >= 11 is 5.70. The highest BCUT2D eigenvalue weighted by atomic mass is 35.5. The van der Waals surface area contributed by atoms with Crippen molar-refractivity contribution in [3.8, 4) is 0 Å². The molecule has 0 aliphatic heterocycles. The van der Waals surface area contributed by atoms with Gasteiger partial charge < -0.3 is 9.84 Å². The summed E-state index contributed by atoms with van der Waals surface area (Å²) in [6.45, 7) is 2.74. The number of ether oxygens (including phenoxy) is 1. The van der Waals surface area contributed by atoms with Gasteiger partial charge in [-0.1, -0.05) is 17.7 Å². The number of rotatable bonds is 6. The van der Waals surface area contributed by atoms with Gasteiger partial charge in [-0.3, -0.25) is 0 Å². The first-order valence-electron chi connectivity index (χ1n) is 6.82. The van der Waals surface area contributed by atoms with E-state index in [1.807, 2.05) is 6.92 Å². The first-order chi connectivity index (χ1) is 9.08. The van der Waals surface area contributed by atoms with Crippen LogP contribution in [0.2, 0.25) is 5.02 Å². The third-order valence-corrected chi connectivity index (χ3v) is 3.91. The molecular weight excluding hydrogens is 267 g/mol. The number of aliphatic hydroxyl groups is 1. The van der Waals surface area contributed by atoms with Gasteiger partial charge in [0.25, 0.3) is 0 Å². The largest absolute Gasteiger partial charge is 0.393 e. The van der Waals surface area contributed by atoms with Crippen molar-refractivity contribution in [3.05, 3.63) is 34.6 Å². The molecule has 0 aromatic heterocycles. The van der Waals surface area contributed by atoms with E-state index in [0.717, 1.165) is 19.4 Å². The maximum absolute atomic E-state index is 13.6. The maximum Gasteiger partial charge on any atom is 0.127 e. The van der Waals surface area contributed by atoms with E-state index in [1.54, 1.807) is 12.1 Å². The van der Waals surface area contributed by atoms with Crippen LogP contribution in [0.5, 0.6) is 0 Å². The monoisotopic (exact) mass is 286 g/mol. The molecule has 0 heterocycles. The molecule has 1 N–H and O–H groups in total. The number of hydrogen-bond acceptors (Lipinski definition) is 2.